The highest BCUT2D eigenvalue weighted by Crippen LogP contribution is 2.26. The van der Waals surface area contributed by atoms with Crippen LogP contribution in [0.25, 0.3) is 0 Å². The van der Waals surface area contributed by atoms with E-state index in [9.17, 15) is 8.42 Å². The van der Waals surface area contributed by atoms with Crippen LogP contribution in [-0.4, -0.2) is 23.4 Å². The van der Waals surface area contributed by atoms with Gasteiger partial charge in [0, 0.05) is 6.20 Å². The van der Waals surface area contributed by atoms with Crippen molar-refractivity contribution in [3.8, 4) is 0 Å². The van der Waals surface area contributed by atoms with Crippen LogP contribution in [0.2, 0.25) is 4.47 Å². The molecular weight excluding hydrogens is 308 g/mol. The quantitative estimate of drug-likeness (QED) is 0.927. The summed E-state index contributed by atoms with van der Waals surface area (Å²) in [5.74, 6) is 0.591. The third-order valence-electron chi connectivity index (χ3n) is 2.25. The van der Waals surface area contributed by atoms with E-state index >= 15 is 0 Å². The van der Waals surface area contributed by atoms with Crippen molar-refractivity contribution in [3.63, 3.8) is 0 Å². The van der Waals surface area contributed by atoms with Gasteiger partial charge in [-0.3, -0.25) is 0 Å². The minimum Gasteiger partial charge on any atom is -0.242 e. The number of nitrogens with one attached hydrogen (secondary N) is 1. The third-order valence-corrected chi connectivity index (χ3v) is 5.52. The molecule has 9 heteroatoms. The Kier molecular flexibility index (Phi) is 4.14. The lowest BCUT2D eigenvalue weighted by atomic mass is 10.4. The summed E-state index contributed by atoms with van der Waals surface area (Å²) in [7, 11) is -3.62. The first-order valence-electron chi connectivity index (χ1n) is 5.29. The minimum atomic E-state index is -3.62. The van der Waals surface area contributed by atoms with Crippen molar-refractivity contribution in [3.05, 3.63) is 33.9 Å². The third kappa shape index (κ3) is 3.47. The molecule has 1 N–H and O–H groups in total. The van der Waals surface area contributed by atoms with Crippen LogP contribution in [0, 0.1) is 13.8 Å². The van der Waals surface area contributed by atoms with E-state index in [1.54, 1.807) is 26.1 Å². The largest absolute Gasteiger partial charge is 0.252 e. The van der Waals surface area contributed by atoms with E-state index in [-0.39, 0.29) is 15.2 Å². The predicted molar refractivity (Wildman–Crippen MR) is 72.7 cm³/mol. The molecule has 0 fully saturated rings. The molecule has 0 amide bonds. The first kappa shape index (κ1) is 14.3. The molecule has 0 unspecified atom stereocenters. The molecule has 0 saturated carbocycles. The molecule has 2 aromatic heterocycles. The number of rotatable bonds is 4. The molecule has 2 rings (SSSR count). The number of thiazole rings is 1. The van der Waals surface area contributed by atoms with Gasteiger partial charge >= 0.3 is 0 Å². The number of nitrogens with zero attached hydrogens (tertiary/aromatic N) is 3. The average molecular weight is 319 g/mol. The van der Waals surface area contributed by atoms with E-state index in [0.29, 0.717) is 17.2 Å². The Hall–Kier alpha value is -1.09. The second-order valence-corrected chi connectivity index (χ2v) is 7.30. The number of hydrogen-bond donors (Lipinski definition) is 1. The Morgan fingerprint density at radius 1 is 1.37 bits per heavy atom. The lowest BCUT2D eigenvalue weighted by Crippen LogP contribution is -2.23. The molecule has 0 aliphatic carbocycles. The topological polar surface area (TPSA) is 84.8 Å². The van der Waals surface area contributed by atoms with Gasteiger partial charge in [-0.25, -0.2) is 28.1 Å². The second kappa shape index (κ2) is 5.49. The number of sulfonamides is 1. The highest BCUT2D eigenvalue weighted by Gasteiger charge is 2.21. The van der Waals surface area contributed by atoms with Crippen molar-refractivity contribution >= 4 is 33.0 Å². The normalized spacial score (nSPS) is 11.7. The Labute approximate surface area is 119 Å². The van der Waals surface area contributed by atoms with Crippen molar-refractivity contribution < 1.29 is 8.42 Å². The highest BCUT2D eigenvalue weighted by atomic mass is 35.5. The minimum absolute atomic E-state index is 0.0979. The molecule has 0 aromatic carbocycles. The maximum absolute atomic E-state index is 12.1. The smallest absolute Gasteiger partial charge is 0.242 e. The summed E-state index contributed by atoms with van der Waals surface area (Å²) in [6.45, 7) is 3.44. The van der Waals surface area contributed by atoms with E-state index in [2.05, 4.69) is 19.7 Å². The van der Waals surface area contributed by atoms with Gasteiger partial charge in [0.15, 0.2) is 8.68 Å². The number of aryl methyl sites for hydroxylation is 2. The first-order valence-corrected chi connectivity index (χ1v) is 7.97. The average Bonchev–Trinajstić information content (AvgIpc) is 2.67. The molecule has 0 aliphatic rings. The molecule has 0 atom stereocenters. The molecule has 0 aliphatic heterocycles. The Bertz CT molecular complexity index is 699. The summed E-state index contributed by atoms with van der Waals surface area (Å²) in [4.78, 5) is 12.0. The predicted octanol–water partition coefficient (Wildman–Crippen LogP) is 1.68. The molecule has 0 bridgehead atoms. The molecule has 6 nitrogen and oxygen atoms in total. The maximum atomic E-state index is 12.1. The van der Waals surface area contributed by atoms with Crippen LogP contribution in [-0.2, 0) is 16.6 Å². The van der Waals surface area contributed by atoms with Gasteiger partial charge in [-0.15, -0.1) is 0 Å². The summed E-state index contributed by atoms with van der Waals surface area (Å²) in [5.41, 5.74) is 0.991. The number of aromatic nitrogens is 3. The molecule has 0 saturated heterocycles. The van der Waals surface area contributed by atoms with Crippen molar-refractivity contribution in [1.82, 2.24) is 19.7 Å². The summed E-state index contributed by atoms with van der Waals surface area (Å²) >= 11 is 6.63. The molecule has 19 heavy (non-hydrogen) atoms. The Morgan fingerprint density at radius 2 is 2.11 bits per heavy atom. The van der Waals surface area contributed by atoms with Crippen LogP contribution in [0.5, 0.6) is 0 Å². The molecule has 0 spiro atoms. The van der Waals surface area contributed by atoms with E-state index < -0.39 is 10.0 Å². The fourth-order valence-corrected chi connectivity index (χ4v) is 4.22. The fourth-order valence-electron chi connectivity index (χ4n) is 1.44. The van der Waals surface area contributed by atoms with Crippen LogP contribution < -0.4 is 4.72 Å². The van der Waals surface area contributed by atoms with Gasteiger partial charge in [-0.2, -0.15) is 0 Å². The SMILES string of the molecule is Cc1nccc(CNS(=O)(=O)c2sc(Cl)nc2C)n1. The molecular formula is C10H11ClN4O2S2. The molecule has 2 aromatic rings. The van der Waals surface area contributed by atoms with Crippen molar-refractivity contribution in [2.24, 2.45) is 0 Å². The Balaban J connectivity index is 2.16. The van der Waals surface area contributed by atoms with Gasteiger partial charge in [-0.05, 0) is 19.9 Å². The summed E-state index contributed by atoms with van der Waals surface area (Å²) < 4.78 is 27.0. The number of hydrogen-bond acceptors (Lipinski definition) is 6. The van der Waals surface area contributed by atoms with Crippen molar-refractivity contribution in [1.29, 1.82) is 0 Å². The van der Waals surface area contributed by atoms with E-state index in [0.717, 1.165) is 11.3 Å². The molecule has 2 heterocycles. The van der Waals surface area contributed by atoms with E-state index in [1.807, 2.05) is 0 Å². The summed E-state index contributed by atoms with van der Waals surface area (Å²) in [6.07, 6.45) is 1.58. The molecule has 0 radical (unpaired) electrons. The zero-order valence-corrected chi connectivity index (χ0v) is 12.6. The van der Waals surface area contributed by atoms with E-state index in [4.69, 9.17) is 11.6 Å². The highest BCUT2D eigenvalue weighted by molar-refractivity contribution is 7.91. The van der Waals surface area contributed by atoms with Crippen LogP contribution in [0.4, 0.5) is 0 Å². The van der Waals surface area contributed by atoms with Gasteiger partial charge in [0.1, 0.15) is 5.82 Å². The zero-order valence-electron chi connectivity index (χ0n) is 10.2. The van der Waals surface area contributed by atoms with Crippen LogP contribution in [0.15, 0.2) is 16.5 Å². The van der Waals surface area contributed by atoms with Crippen LogP contribution in [0.1, 0.15) is 17.2 Å². The first-order chi connectivity index (χ1) is 8.88. The maximum Gasteiger partial charge on any atom is 0.252 e. The van der Waals surface area contributed by atoms with Gasteiger partial charge in [0.25, 0.3) is 10.0 Å². The standard InChI is InChI=1S/C10H11ClN4O2S2/c1-6-9(18-10(11)14-6)19(16,17)13-5-8-3-4-12-7(2)15-8/h3-4,13H,5H2,1-2H3. The van der Waals surface area contributed by atoms with Crippen LogP contribution in [0.3, 0.4) is 0 Å². The second-order valence-electron chi connectivity index (χ2n) is 3.76. The van der Waals surface area contributed by atoms with Gasteiger partial charge in [0.2, 0.25) is 0 Å². The summed E-state index contributed by atoms with van der Waals surface area (Å²) in [6, 6.07) is 1.65. The van der Waals surface area contributed by atoms with Gasteiger partial charge in [-0.1, -0.05) is 22.9 Å². The monoisotopic (exact) mass is 318 g/mol. The fraction of sp³-hybridized carbons (Fsp3) is 0.300. The lowest BCUT2D eigenvalue weighted by molar-refractivity contribution is 0.581. The summed E-state index contributed by atoms with van der Waals surface area (Å²) in [5, 5.41) is 0. The van der Waals surface area contributed by atoms with Gasteiger partial charge < -0.3 is 0 Å². The van der Waals surface area contributed by atoms with Crippen LogP contribution >= 0.6 is 22.9 Å². The number of halogens is 1. The van der Waals surface area contributed by atoms with Gasteiger partial charge in [0.05, 0.1) is 17.9 Å². The Morgan fingerprint density at radius 3 is 2.68 bits per heavy atom. The van der Waals surface area contributed by atoms with Crippen molar-refractivity contribution in [2.45, 2.75) is 24.6 Å². The zero-order chi connectivity index (χ0) is 14.0. The lowest BCUT2D eigenvalue weighted by Gasteiger charge is -2.05. The van der Waals surface area contributed by atoms with Crippen molar-refractivity contribution in [2.75, 3.05) is 0 Å². The molecule has 102 valence electrons. The van der Waals surface area contributed by atoms with E-state index in [1.165, 1.54) is 0 Å².